The highest BCUT2D eigenvalue weighted by atomic mass is 32.2. The van der Waals surface area contributed by atoms with Gasteiger partial charge in [-0.2, -0.15) is 16.8 Å². The van der Waals surface area contributed by atoms with Crippen LogP contribution in [0.3, 0.4) is 0 Å². The van der Waals surface area contributed by atoms with Crippen LogP contribution >= 0.6 is 0 Å². The van der Waals surface area contributed by atoms with Crippen molar-refractivity contribution >= 4 is 26.3 Å². The van der Waals surface area contributed by atoms with E-state index in [4.69, 9.17) is 9.29 Å². The van der Waals surface area contributed by atoms with E-state index in [0.717, 1.165) is 6.26 Å². The zero-order valence-corrected chi connectivity index (χ0v) is 14.0. The number of rotatable bonds is 7. The van der Waals surface area contributed by atoms with E-state index < -0.39 is 50.3 Å². The van der Waals surface area contributed by atoms with Crippen molar-refractivity contribution in [1.82, 2.24) is 5.32 Å². The minimum atomic E-state index is -4.24. The number of amides is 1. The quantitative estimate of drug-likeness (QED) is 0.490. The first-order chi connectivity index (χ1) is 9.18. The molecule has 0 aliphatic carbocycles. The van der Waals surface area contributed by atoms with Gasteiger partial charge in [0.25, 0.3) is 20.2 Å². The summed E-state index contributed by atoms with van der Waals surface area (Å²) in [4.78, 5) is 11.6. The molecule has 0 saturated carbocycles. The second kappa shape index (κ2) is 7.38. The summed E-state index contributed by atoms with van der Waals surface area (Å²) in [7, 11) is -7.99. The van der Waals surface area contributed by atoms with Crippen molar-refractivity contribution in [3.05, 3.63) is 0 Å². The summed E-state index contributed by atoms with van der Waals surface area (Å²) >= 11 is 0. The molecule has 0 fully saturated rings. The van der Waals surface area contributed by atoms with Crippen LogP contribution in [0, 0.1) is 0 Å². The Kier molecular flexibility index (Phi) is 7.06. The Bertz CT molecular complexity index is 510. The van der Waals surface area contributed by atoms with Crippen molar-refractivity contribution in [1.29, 1.82) is 0 Å². The van der Waals surface area contributed by atoms with Gasteiger partial charge in [-0.25, -0.2) is 4.79 Å². The standard InChI is InChI=1S/C10H21NO8S2/c1-10(2,3)19-9(12)11-8(5-6-21(15,16)17)7-18-20(4,13)14/h8H,5-7H2,1-4H3,(H,11,12)(H,15,16,17). The number of nitrogens with one attached hydrogen (secondary N) is 1. The van der Waals surface area contributed by atoms with Gasteiger partial charge in [-0.05, 0) is 27.2 Å². The lowest BCUT2D eigenvalue weighted by Crippen LogP contribution is -2.42. The SMILES string of the molecule is CC(C)(C)OC(=O)NC(CCS(=O)(=O)O)COS(C)(=O)=O. The van der Waals surface area contributed by atoms with E-state index in [0.29, 0.717) is 0 Å². The second-order valence-corrected chi connectivity index (χ2v) is 8.62. The van der Waals surface area contributed by atoms with E-state index in [1.54, 1.807) is 20.8 Å². The molecule has 0 bridgehead atoms. The Morgan fingerprint density at radius 3 is 2.14 bits per heavy atom. The maximum Gasteiger partial charge on any atom is 0.407 e. The van der Waals surface area contributed by atoms with Crippen molar-refractivity contribution in [3.63, 3.8) is 0 Å². The normalized spacial score (nSPS) is 14.5. The number of carbonyl (C=O) groups excluding carboxylic acids is 1. The first-order valence-corrected chi connectivity index (χ1v) is 9.39. The molecule has 11 heteroatoms. The smallest absolute Gasteiger partial charge is 0.407 e. The highest BCUT2D eigenvalue weighted by Gasteiger charge is 2.22. The van der Waals surface area contributed by atoms with Crippen molar-refractivity contribution in [2.45, 2.75) is 38.8 Å². The van der Waals surface area contributed by atoms with Gasteiger partial charge in [-0.3, -0.25) is 8.74 Å². The van der Waals surface area contributed by atoms with Gasteiger partial charge in [-0.1, -0.05) is 0 Å². The van der Waals surface area contributed by atoms with Gasteiger partial charge in [0.15, 0.2) is 0 Å². The summed E-state index contributed by atoms with van der Waals surface area (Å²) in [6.07, 6.45) is -0.256. The first-order valence-electron chi connectivity index (χ1n) is 5.97. The molecule has 0 radical (unpaired) electrons. The van der Waals surface area contributed by atoms with E-state index in [2.05, 4.69) is 9.50 Å². The summed E-state index contributed by atoms with van der Waals surface area (Å²) < 4.78 is 61.4. The van der Waals surface area contributed by atoms with E-state index in [-0.39, 0.29) is 6.42 Å². The van der Waals surface area contributed by atoms with Crippen LogP contribution < -0.4 is 5.32 Å². The Morgan fingerprint density at radius 1 is 1.24 bits per heavy atom. The Morgan fingerprint density at radius 2 is 1.76 bits per heavy atom. The molecular formula is C10H21NO8S2. The molecule has 0 aromatic carbocycles. The predicted octanol–water partition coefficient (Wildman–Crippen LogP) is 0.134. The lowest BCUT2D eigenvalue weighted by Gasteiger charge is -2.23. The zero-order valence-electron chi connectivity index (χ0n) is 12.3. The van der Waals surface area contributed by atoms with Crippen molar-refractivity contribution < 1.29 is 35.1 Å². The monoisotopic (exact) mass is 347 g/mol. The maximum atomic E-state index is 11.6. The molecule has 0 aromatic rings. The molecule has 0 rings (SSSR count). The molecule has 1 unspecified atom stereocenters. The summed E-state index contributed by atoms with van der Waals surface area (Å²) in [5.74, 6) is -0.652. The third-order valence-corrected chi connectivity index (χ3v) is 3.24. The fourth-order valence-corrected chi connectivity index (χ4v) is 2.16. The van der Waals surface area contributed by atoms with E-state index >= 15 is 0 Å². The third kappa shape index (κ3) is 13.8. The molecule has 1 amide bonds. The minimum absolute atomic E-state index is 0.229. The Hall–Kier alpha value is -0.910. The zero-order chi connectivity index (χ0) is 16.9. The summed E-state index contributed by atoms with van der Waals surface area (Å²) in [6.45, 7) is 4.43. The Labute approximate surface area is 124 Å². The molecule has 0 saturated heterocycles. The van der Waals surface area contributed by atoms with Crippen LogP contribution in [-0.4, -0.2) is 57.7 Å². The van der Waals surface area contributed by atoms with Crippen molar-refractivity contribution in [2.24, 2.45) is 0 Å². The second-order valence-electron chi connectivity index (χ2n) is 5.41. The molecule has 0 aliphatic heterocycles. The lowest BCUT2D eigenvalue weighted by atomic mass is 10.2. The molecule has 2 N–H and O–H groups in total. The number of ether oxygens (including phenoxy) is 1. The first kappa shape index (κ1) is 20.1. The highest BCUT2D eigenvalue weighted by Crippen LogP contribution is 2.08. The van der Waals surface area contributed by atoms with E-state index in [9.17, 15) is 21.6 Å². The topological polar surface area (TPSA) is 136 Å². The van der Waals surface area contributed by atoms with Gasteiger partial charge in [0.05, 0.1) is 24.7 Å². The number of hydrogen-bond acceptors (Lipinski definition) is 7. The molecule has 1 atom stereocenters. The largest absolute Gasteiger partial charge is 0.444 e. The van der Waals surface area contributed by atoms with E-state index in [1.165, 1.54) is 0 Å². The van der Waals surface area contributed by atoms with Crippen LogP contribution in [0.2, 0.25) is 0 Å². The number of alkyl carbamates (subject to hydrolysis) is 1. The number of hydrogen-bond donors (Lipinski definition) is 2. The van der Waals surface area contributed by atoms with Crippen LogP contribution in [0.1, 0.15) is 27.2 Å². The van der Waals surface area contributed by atoms with Crippen LogP contribution in [0.25, 0.3) is 0 Å². The minimum Gasteiger partial charge on any atom is -0.444 e. The van der Waals surface area contributed by atoms with Crippen molar-refractivity contribution in [3.8, 4) is 0 Å². The fraction of sp³-hybridized carbons (Fsp3) is 0.900. The molecule has 0 aliphatic rings. The van der Waals surface area contributed by atoms with Gasteiger partial charge < -0.3 is 10.1 Å². The van der Waals surface area contributed by atoms with Crippen LogP contribution in [0.15, 0.2) is 0 Å². The summed E-state index contributed by atoms with van der Waals surface area (Å²) in [5.41, 5.74) is -0.768. The molecule has 0 spiro atoms. The van der Waals surface area contributed by atoms with Gasteiger partial charge in [0, 0.05) is 0 Å². The number of carbonyl (C=O) groups is 1. The fourth-order valence-electron chi connectivity index (χ4n) is 1.17. The average Bonchev–Trinajstić information content (AvgIpc) is 2.16. The molecule has 0 aromatic heterocycles. The van der Waals surface area contributed by atoms with Gasteiger partial charge in [0.1, 0.15) is 5.60 Å². The molecule has 21 heavy (non-hydrogen) atoms. The highest BCUT2D eigenvalue weighted by molar-refractivity contribution is 7.86. The molecule has 0 heterocycles. The average molecular weight is 347 g/mol. The molecular weight excluding hydrogens is 326 g/mol. The van der Waals surface area contributed by atoms with Crippen LogP contribution in [0.4, 0.5) is 4.79 Å². The third-order valence-electron chi connectivity index (χ3n) is 1.93. The van der Waals surface area contributed by atoms with Gasteiger partial charge in [-0.15, -0.1) is 0 Å². The van der Waals surface area contributed by atoms with E-state index in [1.807, 2.05) is 0 Å². The van der Waals surface area contributed by atoms with Crippen molar-refractivity contribution in [2.75, 3.05) is 18.6 Å². The maximum absolute atomic E-state index is 11.6. The molecule has 126 valence electrons. The Balaban J connectivity index is 4.68. The predicted molar refractivity (Wildman–Crippen MR) is 75.0 cm³/mol. The van der Waals surface area contributed by atoms with Crippen LogP contribution in [-0.2, 0) is 29.2 Å². The van der Waals surface area contributed by atoms with Gasteiger partial charge >= 0.3 is 6.09 Å². The summed E-state index contributed by atoms with van der Waals surface area (Å²) in [6, 6.07) is -0.948. The van der Waals surface area contributed by atoms with Crippen LogP contribution in [0.5, 0.6) is 0 Å². The van der Waals surface area contributed by atoms with Gasteiger partial charge in [0.2, 0.25) is 0 Å². The summed E-state index contributed by atoms with van der Waals surface area (Å²) in [5, 5.41) is 2.29. The molecule has 9 nitrogen and oxygen atoms in total. The lowest BCUT2D eigenvalue weighted by molar-refractivity contribution is 0.0486.